The SMILES string of the molecule is C=CC1=CCCNC1=NC. The molecular weight excluding hydrogens is 124 g/mol. The first kappa shape index (κ1) is 7.06. The fraction of sp³-hybridized carbons (Fsp3) is 0.375. The lowest BCUT2D eigenvalue weighted by Gasteiger charge is -2.13. The van der Waals surface area contributed by atoms with Gasteiger partial charge in [0.2, 0.25) is 0 Å². The van der Waals surface area contributed by atoms with Crippen LogP contribution in [0.15, 0.2) is 29.3 Å². The van der Waals surface area contributed by atoms with Crippen molar-refractivity contribution in [3.63, 3.8) is 0 Å². The van der Waals surface area contributed by atoms with Crippen molar-refractivity contribution in [1.29, 1.82) is 0 Å². The summed E-state index contributed by atoms with van der Waals surface area (Å²) in [5.74, 6) is 0.959. The fourth-order valence-electron chi connectivity index (χ4n) is 1.01. The molecule has 1 aliphatic heterocycles. The minimum Gasteiger partial charge on any atom is -0.370 e. The summed E-state index contributed by atoms with van der Waals surface area (Å²) in [6, 6.07) is 0. The van der Waals surface area contributed by atoms with Gasteiger partial charge in [0.25, 0.3) is 0 Å². The van der Waals surface area contributed by atoms with Crippen molar-refractivity contribution in [3.05, 3.63) is 24.3 Å². The van der Waals surface area contributed by atoms with Crippen LogP contribution in [0.2, 0.25) is 0 Å². The van der Waals surface area contributed by atoms with Crippen LogP contribution in [0.1, 0.15) is 6.42 Å². The number of amidine groups is 1. The van der Waals surface area contributed by atoms with E-state index in [9.17, 15) is 0 Å². The molecule has 1 aliphatic rings. The van der Waals surface area contributed by atoms with E-state index in [1.165, 1.54) is 0 Å². The van der Waals surface area contributed by atoms with Gasteiger partial charge in [-0.25, -0.2) is 0 Å². The van der Waals surface area contributed by atoms with Crippen molar-refractivity contribution in [2.45, 2.75) is 6.42 Å². The highest BCUT2D eigenvalue weighted by molar-refractivity contribution is 6.01. The average molecular weight is 136 g/mol. The molecule has 0 saturated heterocycles. The normalized spacial score (nSPS) is 21.7. The zero-order chi connectivity index (χ0) is 7.40. The molecule has 0 spiro atoms. The van der Waals surface area contributed by atoms with E-state index in [1.807, 2.05) is 6.08 Å². The number of nitrogens with one attached hydrogen (secondary N) is 1. The van der Waals surface area contributed by atoms with Crippen LogP contribution in [0.3, 0.4) is 0 Å². The summed E-state index contributed by atoms with van der Waals surface area (Å²) in [7, 11) is 1.78. The molecule has 0 atom stereocenters. The Bertz CT molecular complexity index is 189. The van der Waals surface area contributed by atoms with Gasteiger partial charge >= 0.3 is 0 Å². The minimum atomic E-state index is 0.959. The first-order chi connectivity index (χ1) is 4.88. The summed E-state index contributed by atoms with van der Waals surface area (Å²) in [5.41, 5.74) is 1.12. The maximum Gasteiger partial charge on any atom is 0.127 e. The molecule has 54 valence electrons. The Morgan fingerprint density at radius 2 is 2.60 bits per heavy atom. The van der Waals surface area contributed by atoms with Crippen LogP contribution in [0, 0.1) is 0 Å². The first-order valence-corrected chi connectivity index (χ1v) is 3.42. The molecule has 0 fully saturated rings. The molecule has 0 aromatic carbocycles. The van der Waals surface area contributed by atoms with Crippen molar-refractivity contribution >= 4 is 5.84 Å². The lowest BCUT2D eigenvalue weighted by molar-refractivity contribution is 0.863. The van der Waals surface area contributed by atoms with Gasteiger partial charge < -0.3 is 5.32 Å². The van der Waals surface area contributed by atoms with Gasteiger partial charge in [-0.3, -0.25) is 4.99 Å². The Balaban J connectivity index is 2.82. The molecule has 0 radical (unpaired) electrons. The van der Waals surface area contributed by atoms with Gasteiger partial charge in [-0.15, -0.1) is 0 Å². The number of aliphatic imine (C=N–C) groups is 1. The predicted molar refractivity (Wildman–Crippen MR) is 44.3 cm³/mol. The van der Waals surface area contributed by atoms with Crippen LogP contribution < -0.4 is 5.32 Å². The topological polar surface area (TPSA) is 24.4 Å². The summed E-state index contributed by atoms with van der Waals surface area (Å²) in [5, 5.41) is 3.18. The second kappa shape index (κ2) is 3.20. The molecule has 0 aliphatic carbocycles. The van der Waals surface area contributed by atoms with E-state index in [0.29, 0.717) is 0 Å². The van der Waals surface area contributed by atoms with Crippen LogP contribution in [0.5, 0.6) is 0 Å². The van der Waals surface area contributed by atoms with Crippen LogP contribution in [0.25, 0.3) is 0 Å². The molecule has 1 N–H and O–H groups in total. The summed E-state index contributed by atoms with van der Waals surface area (Å²) >= 11 is 0. The average Bonchev–Trinajstić information content (AvgIpc) is 2.04. The van der Waals surface area contributed by atoms with E-state index >= 15 is 0 Å². The monoisotopic (exact) mass is 136 g/mol. The van der Waals surface area contributed by atoms with E-state index in [4.69, 9.17) is 0 Å². The minimum absolute atomic E-state index is 0.959. The van der Waals surface area contributed by atoms with Crippen molar-refractivity contribution in [3.8, 4) is 0 Å². The van der Waals surface area contributed by atoms with Gasteiger partial charge in [-0.05, 0) is 6.42 Å². The molecule has 0 unspecified atom stereocenters. The third-order valence-corrected chi connectivity index (χ3v) is 1.52. The van der Waals surface area contributed by atoms with E-state index < -0.39 is 0 Å². The van der Waals surface area contributed by atoms with Crippen molar-refractivity contribution in [2.24, 2.45) is 4.99 Å². The van der Waals surface area contributed by atoms with E-state index in [2.05, 4.69) is 23.0 Å². The Hall–Kier alpha value is -1.05. The molecule has 10 heavy (non-hydrogen) atoms. The largest absolute Gasteiger partial charge is 0.370 e. The van der Waals surface area contributed by atoms with E-state index in [0.717, 1.165) is 24.4 Å². The van der Waals surface area contributed by atoms with Crippen LogP contribution in [-0.2, 0) is 0 Å². The van der Waals surface area contributed by atoms with Crippen molar-refractivity contribution < 1.29 is 0 Å². The molecule has 0 bridgehead atoms. The summed E-state index contributed by atoms with van der Waals surface area (Å²) in [6.45, 7) is 4.68. The highest BCUT2D eigenvalue weighted by Gasteiger charge is 2.04. The Morgan fingerprint density at radius 3 is 3.10 bits per heavy atom. The molecule has 0 aromatic heterocycles. The summed E-state index contributed by atoms with van der Waals surface area (Å²) in [6.07, 6.45) is 5.04. The summed E-state index contributed by atoms with van der Waals surface area (Å²) < 4.78 is 0. The van der Waals surface area contributed by atoms with Gasteiger partial charge in [0.1, 0.15) is 5.84 Å². The Labute approximate surface area is 61.4 Å². The molecule has 1 heterocycles. The Morgan fingerprint density at radius 1 is 1.80 bits per heavy atom. The molecule has 0 saturated carbocycles. The van der Waals surface area contributed by atoms with E-state index in [1.54, 1.807) is 7.05 Å². The maximum absolute atomic E-state index is 4.07. The van der Waals surface area contributed by atoms with Crippen molar-refractivity contribution in [1.82, 2.24) is 5.32 Å². The lowest BCUT2D eigenvalue weighted by Crippen LogP contribution is -2.28. The fourth-order valence-corrected chi connectivity index (χ4v) is 1.01. The molecule has 0 amide bonds. The smallest absolute Gasteiger partial charge is 0.127 e. The van der Waals surface area contributed by atoms with Crippen LogP contribution in [-0.4, -0.2) is 19.4 Å². The van der Waals surface area contributed by atoms with Crippen LogP contribution >= 0.6 is 0 Å². The zero-order valence-corrected chi connectivity index (χ0v) is 6.22. The molecule has 1 rings (SSSR count). The molecular formula is C8H12N2. The first-order valence-electron chi connectivity index (χ1n) is 3.42. The second-order valence-corrected chi connectivity index (χ2v) is 2.15. The third kappa shape index (κ3) is 1.26. The number of hydrogen-bond donors (Lipinski definition) is 1. The number of hydrogen-bond acceptors (Lipinski definition) is 1. The molecule has 2 nitrogen and oxygen atoms in total. The molecule has 0 aromatic rings. The zero-order valence-electron chi connectivity index (χ0n) is 6.22. The molecule has 2 heteroatoms. The standard InChI is InChI=1S/C8H12N2/c1-3-7-5-4-6-10-8(7)9-2/h3,5H,1,4,6H2,2H3,(H,9,10). The maximum atomic E-state index is 4.07. The second-order valence-electron chi connectivity index (χ2n) is 2.15. The van der Waals surface area contributed by atoms with Gasteiger partial charge in [0, 0.05) is 19.2 Å². The van der Waals surface area contributed by atoms with Gasteiger partial charge in [0.05, 0.1) is 0 Å². The quantitative estimate of drug-likeness (QED) is 0.574. The van der Waals surface area contributed by atoms with Gasteiger partial charge in [-0.1, -0.05) is 18.7 Å². The summed E-state index contributed by atoms with van der Waals surface area (Å²) in [4.78, 5) is 4.07. The number of nitrogens with zero attached hydrogens (tertiary/aromatic N) is 1. The number of rotatable bonds is 1. The Kier molecular flexibility index (Phi) is 2.26. The van der Waals surface area contributed by atoms with Gasteiger partial charge in [0.15, 0.2) is 0 Å². The van der Waals surface area contributed by atoms with E-state index in [-0.39, 0.29) is 0 Å². The van der Waals surface area contributed by atoms with Gasteiger partial charge in [-0.2, -0.15) is 0 Å². The highest BCUT2D eigenvalue weighted by atomic mass is 15.0. The van der Waals surface area contributed by atoms with Crippen LogP contribution in [0.4, 0.5) is 0 Å². The predicted octanol–water partition coefficient (Wildman–Crippen LogP) is 1.12. The lowest BCUT2D eigenvalue weighted by atomic mass is 10.1. The third-order valence-electron chi connectivity index (χ3n) is 1.52. The van der Waals surface area contributed by atoms with Crippen molar-refractivity contribution in [2.75, 3.05) is 13.6 Å². The highest BCUT2D eigenvalue weighted by Crippen LogP contribution is 2.03.